The standard InChI is InChI=1S/C29H29NO5/c1-3-28(31)34-20-8-7-19-33-26-17-13-25(14-18-26)29(32)35-27-15-11-23(12-16-27)21-30-22(2)24-9-5-4-6-10-24/h3-6,9-18,21-22H,1,7-8,19-20H2,2H3. The van der Waals surface area contributed by atoms with Crippen LogP contribution in [0.25, 0.3) is 0 Å². The number of unbranched alkanes of at least 4 members (excludes halogenated alkanes) is 1. The number of hydrogen-bond acceptors (Lipinski definition) is 6. The second kappa shape index (κ2) is 13.5. The first-order valence-electron chi connectivity index (χ1n) is 11.5. The summed E-state index contributed by atoms with van der Waals surface area (Å²) in [5, 5.41) is 0. The molecule has 0 aromatic heterocycles. The van der Waals surface area contributed by atoms with Crippen LogP contribution in [0.3, 0.4) is 0 Å². The van der Waals surface area contributed by atoms with E-state index in [2.05, 4.69) is 23.7 Å². The number of ether oxygens (including phenoxy) is 3. The first-order valence-corrected chi connectivity index (χ1v) is 11.5. The molecule has 180 valence electrons. The highest BCUT2D eigenvalue weighted by Gasteiger charge is 2.09. The molecule has 35 heavy (non-hydrogen) atoms. The van der Waals surface area contributed by atoms with Crippen LogP contribution < -0.4 is 9.47 Å². The third-order valence-electron chi connectivity index (χ3n) is 5.13. The average molecular weight is 472 g/mol. The molecule has 3 aromatic rings. The molecule has 0 spiro atoms. The number of hydrogen-bond donors (Lipinski definition) is 0. The minimum Gasteiger partial charge on any atom is -0.494 e. The summed E-state index contributed by atoms with van der Waals surface area (Å²) in [4.78, 5) is 28.0. The maximum Gasteiger partial charge on any atom is 0.343 e. The molecule has 1 unspecified atom stereocenters. The van der Waals surface area contributed by atoms with Crippen molar-refractivity contribution in [1.82, 2.24) is 0 Å². The van der Waals surface area contributed by atoms with Crippen LogP contribution in [0.15, 0.2) is 96.5 Å². The first kappa shape index (κ1) is 25.4. The molecule has 6 nitrogen and oxygen atoms in total. The molecule has 0 bridgehead atoms. The van der Waals surface area contributed by atoms with Gasteiger partial charge in [0, 0.05) is 12.3 Å². The number of rotatable bonds is 12. The smallest absolute Gasteiger partial charge is 0.343 e. The molecule has 3 rings (SSSR count). The number of nitrogens with zero attached hydrogens (tertiary/aromatic N) is 1. The van der Waals surface area contributed by atoms with Crippen molar-refractivity contribution in [2.45, 2.75) is 25.8 Å². The van der Waals surface area contributed by atoms with Crippen molar-refractivity contribution in [3.8, 4) is 11.5 Å². The van der Waals surface area contributed by atoms with E-state index >= 15 is 0 Å². The zero-order chi connectivity index (χ0) is 24.9. The molecule has 0 heterocycles. The third-order valence-corrected chi connectivity index (χ3v) is 5.13. The lowest BCUT2D eigenvalue weighted by atomic mass is 10.1. The Morgan fingerprint density at radius 2 is 1.54 bits per heavy atom. The van der Waals surface area contributed by atoms with E-state index in [4.69, 9.17) is 14.2 Å². The van der Waals surface area contributed by atoms with Crippen LogP contribution >= 0.6 is 0 Å². The van der Waals surface area contributed by atoms with Crippen molar-refractivity contribution in [1.29, 1.82) is 0 Å². The van der Waals surface area contributed by atoms with Gasteiger partial charge in [-0.25, -0.2) is 9.59 Å². The summed E-state index contributed by atoms with van der Waals surface area (Å²) in [6.45, 7) is 6.20. The fourth-order valence-corrected chi connectivity index (χ4v) is 3.12. The predicted octanol–water partition coefficient (Wildman–Crippen LogP) is 5.97. The Morgan fingerprint density at radius 1 is 0.886 bits per heavy atom. The molecule has 0 fully saturated rings. The average Bonchev–Trinajstić information content (AvgIpc) is 2.90. The quantitative estimate of drug-likeness (QED) is 0.107. The van der Waals surface area contributed by atoms with Gasteiger partial charge >= 0.3 is 11.9 Å². The molecule has 0 aliphatic carbocycles. The summed E-state index contributed by atoms with van der Waals surface area (Å²) in [5.74, 6) is 0.241. The van der Waals surface area contributed by atoms with Gasteiger partial charge in [0.05, 0.1) is 24.8 Å². The molecule has 0 amide bonds. The lowest BCUT2D eigenvalue weighted by Crippen LogP contribution is -2.08. The van der Waals surface area contributed by atoms with Gasteiger partial charge in [-0.1, -0.05) is 36.9 Å². The van der Waals surface area contributed by atoms with Crippen molar-refractivity contribution >= 4 is 18.2 Å². The highest BCUT2D eigenvalue weighted by Crippen LogP contribution is 2.18. The van der Waals surface area contributed by atoms with Crippen molar-refractivity contribution in [2.75, 3.05) is 13.2 Å². The Labute approximate surface area is 205 Å². The van der Waals surface area contributed by atoms with Gasteiger partial charge in [-0.3, -0.25) is 4.99 Å². The van der Waals surface area contributed by atoms with Crippen LogP contribution in [-0.4, -0.2) is 31.4 Å². The first-order chi connectivity index (χ1) is 17.0. The van der Waals surface area contributed by atoms with E-state index < -0.39 is 11.9 Å². The zero-order valence-electron chi connectivity index (χ0n) is 19.8. The number of esters is 2. The minimum absolute atomic E-state index is 0.0580. The molecule has 0 saturated carbocycles. The number of aliphatic imine (C=N–C) groups is 1. The maximum atomic E-state index is 12.5. The second-order valence-electron chi connectivity index (χ2n) is 7.77. The molecule has 0 aliphatic heterocycles. The Morgan fingerprint density at radius 3 is 2.23 bits per heavy atom. The van der Waals surface area contributed by atoms with Crippen molar-refractivity contribution < 1.29 is 23.8 Å². The van der Waals surface area contributed by atoms with Crippen LogP contribution in [0, 0.1) is 0 Å². The predicted molar refractivity (Wildman–Crippen MR) is 136 cm³/mol. The Bertz CT molecular complexity index is 1120. The SMILES string of the molecule is C=CC(=O)OCCCCOc1ccc(C(=O)Oc2ccc(C=NC(C)c3ccccc3)cc2)cc1. The molecule has 1 atom stereocenters. The molecule has 0 aliphatic rings. The van der Waals surface area contributed by atoms with Gasteiger partial charge in [-0.05, 0) is 79.4 Å². The topological polar surface area (TPSA) is 74.2 Å². The van der Waals surface area contributed by atoms with E-state index in [1.165, 1.54) is 0 Å². The van der Waals surface area contributed by atoms with Gasteiger partial charge in [-0.15, -0.1) is 0 Å². The van der Waals surface area contributed by atoms with Crippen molar-refractivity contribution in [3.63, 3.8) is 0 Å². The van der Waals surface area contributed by atoms with Gasteiger partial charge in [-0.2, -0.15) is 0 Å². The molecule has 6 heteroatoms. The van der Waals surface area contributed by atoms with Crippen LogP contribution in [0.2, 0.25) is 0 Å². The third kappa shape index (κ3) is 8.59. The lowest BCUT2D eigenvalue weighted by molar-refractivity contribution is -0.137. The van der Waals surface area contributed by atoms with Gasteiger partial charge in [0.1, 0.15) is 11.5 Å². The molecular formula is C29H29NO5. The van der Waals surface area contributed by atoms with Crippen LogP contribution in [-0.2, 0) is 9.53 Å². The summed E-state index contributed by atoms with van der Waals surface area (Å²) >= 11 is 0. The van der Waals surface area contributed by atoms with Crippen LogP contribution in [0.5, 0.6) is 11.5 Å². The van der Waals surface area contributed by atoms with Crippen molar-refractivity contribution in [2.24, 2.45) is 4.99 Å². The minimum atomic E-state index is -0.445. The highest BCUT2D eigenvalue weighted by molar-refractivity contribution is 5.91. The fraction of sp³-hybridized carbons (Fsp3) is 0.207. The summed E-state index contributed by atoms with van der Waals surface area (Å²) < 4.78 is 16.0. The second-order valence-corrected chi connectivity index (χ2v) is 7.77. The van der Waals surface area contributed by atoms with Crippen LogP contribution in [0.1, 0.15) is 47.3 Å². The highest BCUT2D eigenvalue weighted by atomic mass is 16.5. The lowest BCUT2D eigenvalue weighted by Gasteiger charge is -2.08. The monoisotopic (exact) mass is 471 g/mol. The van der Waals surface area contributed by atoms with E-state index in [9.17, 15) is 9.59 Å². The largest absolute Gasteiger partial charge is 0.494 e. The Kier molecular flexibility index (Phi) is 9.81. The molecule has 0 saturated heterocycles. The van der Waals surface area contributed by atoms with E-state index in [-0.39, 0.29) is 6.04 Å². The van der Waals surface area contributed by atoms with E-state index in [0.29, 0.717) is 36.7 Å². The normalized spacial score (nSPS) is 11.6. The van der Waals surface area contributed by atoms with Crippen LogP contribution in [0.4, 0.5) is 0 Å². The summed E-state index contributed by atoms with van der Waals surface area (Å²) in [6, 6.07) is 24.1. The number of carbonyl (C=O) groups excluding carboxylic acids is 2. The van der Waals surface area contributed by atoms with Gasteiger partial charge in [0.2, 0.25) is 0 Å². The van der Waals surface area contributed by atoms with Crippen molar-refractivity contribution in [3.05, 3.63) is 108 Å². The number of carbonyl (C=O) groups is 2. The Balaban J connectivity index is 1.43. The molecule has 3 aromatic carbocycles. The molecule has 0 N–H and O–H groups in total. The van der Waals surface area contributed by atoms with E-state index in [1.807, 2.05) is 43.5 Å². The fourth-order valence-electron chi connectivity index (χ4n) is 3.12. The summed E-state index contributed by atoms with van der Waals surface area (Å²) in [7, 11) is 0. The zero-order valence-corrected chi connectivity index (χ0v) is 19.8. The number of benzene rings is 3. The summed E-state index contributed by atoms with van der Waals surface area (Å²) in [5.41, 5.74) is 2.50. The van der Waals surface area contributed by atoms with Gasteiger partial charge in [0.25, 0.3) is 0 Å². The van der Waals surface area contributed by atoms with E-state index in [1.54, 1.807) is 36.4 Å². The molecular weight excluding hydrogens is 442 g/mol. The van der Waals surface area contributed by atoms with Gasteiger partial charge < -0.3 is 14.2 Å². The Hall–Kier alpha value is -4.19. The van der Waals surface area contributed by atoms with E-state index in [0.717, 1.165) is 23.6 Å². The summed E-state index contributed by atoms with van der Waals surface area (Å²) in [6.07, 6.45) is 4.39. The molecule has 0 radical (unpaired) electrons. The maximum absolute atomic E-state index is 12.5. The van der Waals surface area contributed by atoms with Gasteiger partial charge in [0.15, 0.2) is 0 Å².